The maximum atomic E-state index is 14.5. The van der Waals surface area contributed by atoms with Crippen LogP contribution < -0.4 is 15.5 Å². The van der Waals surface area contributed by atoms with Crippen LogP contribution >= 0.6 is 0 Å². The second-order valence-corrected chi connectivity index (χ2v) is 6.04. The first-order valence-electron chi connectivity index (χ1n) is 9.51. The molecule has 0 spiro atoms. The molecule has 138 valence electrons. The minimum absolute atomic E-state index is 0.175. The molecule has 10 heteroatoms. The molecule has 1 amide bonds. The quantitative estimate of drug-likeness (QED) is 0.720. The first-order valence-corrected chi connectivity index (χ1v) is 8.01. The molecule has 1 aromatic carbocycles. The second-order valence-electron chi connectivity index (χ2n) is 6.04. The highest BCUT2D eigenvalue weighted by Gasteiger charge is 2.26. The Hall–Kier alpha value is -3.56. The van der Waals surface area contributed by atoms with Crippen LogP contribution in [0, 0.1) is 12.7 Å². The highest BCUT2D eigenvalue weighted by atomic mass is 19.1. The molecule has 0 bridgehead atoms. The number of fused-ring (bicyclic) bond motifs is 3. The molecular weight excluding hydrogens is 351 g/mol. The van der Waals surface area contributed by atoms with Crippen molar-refractivity contribution in [1.29, 1.82) is 0 Å². The lowest BCUT2D eigenvalue weighted by atomic mass is 10.1. The summed E-state index contributed by atoms with van der Waals surface area (Å²) in [4.78, 5) is 18.6. The van der Waals surface area contributed by atoms with Crippen molar-refractivity contribution in [2.75, 3.05) is 24.2 Å². The predicted octanol–water partition coefficient (Wildman–Crippen LogP) is 1.56. The number of hydrogen-bond donors (Lipinski definition) is 2. The van der Waals surface area contributed by atoms with E-state index in [0.717, 1.165) is 0 Å². The third kappa shape index (κ3) is 2.84. The summed E-state index contributed by atoms with van der Waals surface area (Å²) in [5.74, 6) is -0.228. The molecule has 0 saturated heterocycles. The van der Waals surface area contributed by atoms with E-state index in [1.54, 1.807) is 11.6 Å². The Morgan fingerprint density at radius 1 is 1.37 bits per heavy atom. The van der Waals surface area contributed by atoms with Crippen LogP contribution in [0.5, 0.6) is 0 Å². The van der Waals surface area contributed by atoms with E-state index in [4.69, 9.17) is 4.11 Å². The van der Waals surface area contributed by atoms with Gasteiger partial charge in [-0.15, -0.1) is 5.10 Å². The van der Waals surface area contributed by atoms with Crippen molar-refractivity contribution >= 4 is 23.0 Å². The van der Waals surface area contributed by atoms with Crippen LogP contribution in [0.3, 0.4) is 0 Å². The summed E-state index contributed by atoms with van der Waals surface area (Å²) in [6, 6.07) is 4.07. The SMILES string of the molecule is [2H]C([2H])([2H])NC(=O)c1nnccc1Nc1cc(F)cc2c1N(C)Cc1nc(C)nn1-2. The number of rotatable bonds is 3. The summed E-state index contributed by atoms with van der Waals surface area (Å²) in [6.45, 7) is -0.498. The molecule has 4 rings (SSSR count). The lowest BCUT2D eigenvalue weighted by molar-refractivity contribution is 0.0958. The van der Waals surface area contributed by atoms with Crippen molar-refractivity contribution in [3.63, 3.8) is 0 Å². The van der Waals surface area contributed by atoms with Crippen LogP contribution in [-0.4, -0.2) is 44.9 Å². The standard InChI is InChI=1S/C17H17FN8O/c1-9-21-14-8-25(3)16-12(6-10(18)7-13(16)26(14)24-9)22-11-4-5-20-23-15(11)17(27)19-2/h4-7H,8H2,1-3H3,(H,19,27)(H,20,22)/i2D3. The molecule has 27 heavy (non-hydrogen) atoms. The molecule has 9 nitrogen and oxygen atoms in total. The van der Waals surface area contributed by atoms with Crippen molar-refractivity contribution < 1.29 is 13.3 Å². The molecule has 3 aromatic rings. The van der Waals surface area contributed by atoms with Gasteiger partial charge in [0.2, 0.25) is 0 Å². The zero-order chi connectivity index (χ0) is 21.6. The minimum atomic E-state index is -2.69. The first-order chi connectivity index (χ1) is 14.1. The minimum Gasteiger partial charge on any atom is -0.364 e. The summed E-state index contributed by atoms with van der Waals surface area (Å²) >= 11 is 0. The topological polar surface area (TPSA) is 101 Å². The Kier molecular flexibility index (Phi) is 3.18. The second kappa shape index (κ2) is 6.31. The molecule has 0 radical (unpaired) electrons. The fourth-order valence-corrected chi connectivity index (χ4v) is 3.09. The maximum Gasteiger partial charge on any atom is 0.273 e. The third-order valence-corrected chi connectivity index (χ3v) is 4.14. The largest absolute Gasteiger partial charge is 0.364 e. The molecule has 2 aromatic heterocycles. The Morgan fingerprint density at radius 2 is 2.22 bits per heavy atom. The normalized spacial score (nSPS) is 14.5. The first kappa shape index (κ1) is 13.6. The van der Waals surface area contributed by atoms with Crippen LogP contribution in [-0.2, 0) is 6.54 Å². The Balaban J connectivity index is 1.78. The number of anilines is 3. The van der Waals surface area contributed by atoms with Crippen molar-refractivity contribution in [1.82, 2.24) is 30.3 Å². The molecular formula is C17H17FN8O. The van der Waals surface area contributed by atoms with E-state index >= 15 is 0 Å². The Morgan fingerprint density at radius 3 is 3.04 bits per heavy atom. The molecule has 0 atom stereocenters. The van der Waals surface area contributed by atoms with Crippen LogP contribution in [0.2, 0.25) is 0 Å². The van der Waals surface area contributed by atoms with Crippen LogP contribution in [0.15, 0.2) is 24.4 Å². The van der Waals surface area contributed by atoms with Gasteiger partial charge in [-0.2, -0.15) is 10.2 Å². The van der Waals surface area contributed by atoms with E-state index < -0.39 is 18.7 Å². The number of carbonyl (C=O) groups is 1. The Labute approximate surface area is 158 Å². The number of aromatic nitrogens is 5. The molecule has 3 heterocycles. The zero-order valence-electron chi connectivity index (χ0n) is 17.5. The van der Waals surface area contributed by atoms with Crippen LogP contribution in [0.1, 0.15) is 26.2 Å². The molecule has 2 N–H and O–H groups in total. The number of hydrogen-bond acceptors (Lipinski definition) is 7. The highest BCUT2D eigenvalue weighted by Crippen LogP contribution is 2.39. The number of nitrogens with one attached hydrogen (secondary N) is 2. The van der Waals surface area contributed by atoms with E-state index in [9.17, 15) is 9.18 Å². The monoisotopic (exact) mass is 371 g/mol. The van der Waals surface area contributed by atoms with Gasteiger partial charge in [-0.3, -0.25) is 4.79 Å². The van der Waals surface area contributed by atoms with Gasteiger partial charge in [-0.1, -0.05) is 0 Å². The smallest absolute Gasteiger partial charge is 0.273 e. The number of carbonyl (C=O) groups excluding carboxylic acids is 1. The summed E-state index contributed by atoms with van der Waals surface area (Å²) in [5.41, 5.74) is 1.41. The van der Waals surface area contributed by atoms with Gasteiger partial charge < -0.3 is 15.5 Å². The van der Waals surface area contributed by atoms with Gasteiger partial charge in [0.1, 0.15) is 11.6 Å². The summed E-state index contributed by atoms with van der Waals surface area (Å²) in [6.07, 6.45) is 1.34. The molecule has 0 fully saturated rings. The third-order valence-electron chi connectivity index (χ3n) is 4.14. The molecule has 1 aliphatic heterocycles. The average Bonchev–Trinajstić information content (AvgIpc) is 3.00. The van der Waals surface area contributed by atoms with Gasteiger partial charge in [0.25, 0.3) is 5.91 Å². The van der Waals surface area contributed by atoms with Crippen molar-refractivity contribution in [2.24, 2.45) is 0 Å². The van der Waals surface area contributed by atoms with E-state index in [2.05, 4.69) is 25.6 Å². The fourth-order valence-electron chi connectivity index (χ4n) is 3.09. The molecule has 1 aliphatic rings. The lowest BCUT2D eigenvalue weighted by Gasteiger charge is -2.30. The number of halogens is 1. The van der Waals surface area contributed by atoms with Crippen LogP contribution in [0.25, 0.3) is 5.69 Å². The zero-order valence-corrected chi connectivity index (χ0v) is 14.5. The van der Waals surface area contributed by atoms with Crippen LogP contribution in [0.4, 0.5) is 21.5 Å². The van der Waals surface area contributed by atoms with Gasteiger partial charge in [-0.05, 0) is 19.1 Å². The van der Waals surface area contributed by atoms with E-state index in [1.165, 1.54) is 24.4 Å². The van der Waals surface area contributed by atoms with Gasteiger partial charge in [0, 0.05) is 24.2 Å². The molecule has 0 unspecified atom stereocenters. The van der Waals surface area contributed by atoms with Gasteiger partial charge in [0.15, 0.2) is 11.5 Å². The number of nitrogens with zero attached hydrogens (tertiary/aromatic N) is 6. The van der Waals surface area contributed by atoms with Gasteiger partial charge >= 0.3 is 0 Å². The predicted molar refractivity (Wildman–Crippen MR) is 96.9 cm³/mol. The maximum absolute atomic E-state index is 14.5. The van der Waals surface area contributed by atoms with Crippen molar-refractivity contribution in [2.45, 2.75) is 13.5 Å². The number of aryl methyl sites for hydroxylation is 1. The summed E-state index contributed by atoms with van der Waals surface area (Å²) < 4.78 is 37.7. The summed E-state index contributed by atoms with van der Waals surface area (Å²) in [5, 5.41) is 16.6. The fraction of sp³-hybridized carbons (Fsp3) is 0.235. The summed E-state index contributed by atoms with van der Waals surface area (Å²) in [7, 11) is 1.82. The highest BCUT2D eigenvalue weighted by molar-refractivity contribution is 5.98. The number of amides is 1. The van der Waals surface area contributed by atoms with Gasteiger partial charge in [0.05, 0.1) is 35.5 Å². The molecule has 0 saturated carbocycles. The van der Waals surface area contributed by atoms with Gasteiger partial charge in [-0.25, -0.2) is 14.1 Å². The average molecular weight is 371 g/mol. The van der Waals surface area contributed by atoms with E-state index in [1.807, 2.05) is 17.3 Å². The Bertz CT molecular complexity index is 1150. The van der Waals surface area contributed by atoms with E-state index in [-0.39, 0.29) is 11.4 Å². The number of benzene rings is 1. The molecule has 0 aliphatic carbocycles. The lowest BCUT2D eigenvalue weighted by Crippen LogP contribution is -2.27. The van der Waals surface area contributed by atoms with Crippen molar-refractivity contribution in [3.05, 3.63) is 47.6 Å². The van der Waals surface area contributed by atoms with Crippen molar-refractivity contribution in [3.8, 4) is 5.69 Å². The van der Waals surface area contributed by atoms with E-state index in [0.29, 0.717) is 35.3 Å².